The van der Waals surface area contributed by atoms with Crippen molar-refractivity contribution in [2.45, 2.75) is 57.6 Å². The van der Waals surface area contributed by atoms with Gasteiger partial charge >= 0.3 is 0 Å². The molecule has 0 aliphatic carbocycles. The van der Waals surface area contributed by atoms with E-state index in [2.05, 4.69) is 5.32 Å². The number of hydrogen-bond acceptors (Lipinski definition) is 5. The van der Waals surface area contributed by atoms with Crippen LogP contribution in [0.5, 0.6) is 5.75 Å². The minimum Gasteiger partial charge on any atom is -0.494 e. The molecule has 0 aromatic heterocycles. The minimum atomic E-state index is -4.32. The molecule has 0 aliphatic heterocycles. The summed E-state index contributed by atoms with van der Waals surface area (Å²) in [6.45, 7) is 8.45. The number of nitrogens with zero attached hydrogens (tertiary/aromatic N) is 2. The summed E-state index contributed by atoms with van der Waals surface area (Å²) in [5.41, 5.74) is 0.0663. The molecule has 12 heteroatoms. The zero-order valence-electron chi connectivity index (χ0n) is 24.0. The van der Waals surface area contributed by atoms with Crippen LogP contribution in [0.1, 0.15) is 40.2 Å². The molecule has 42 heavy (non-hydrogen) atoms. The summed E-state index contributed by atoms with van der Waals surface area (Å²) in [6.07, 6.45) is 0. The highest BCUT2D eigenvalue weighted by atomic mass is 35.5. The van der Waals surface area contributed by atoms with Crippen LogP contribution in [0.4, 0.5) is 10.1 Å². The third kappa shape index (κ3) is 8.59. The molecule has 3 aromatic rings. The second-order valence-electron chi connectivity index (χ2n) is 10.6. The van der Waals surface area contributed by atoms with Gasteiger partial charge in [-0.3, -0.25) is 13.9 Å². The van der Waals surface area contributed by atoms with E-state index in [-0.39, 0.29) is 22.2 Å². The van der Waals surface area contributed by atoms with Gasteiger partial charge in [0, 0.05) is 12.1 Å². The van der Waals surface area contributed by atoms with Crippen LogP contribution >= 0.6 is 23.2 Å². The Kier molecular flexibility index (Phi) is 10.9. The van der Waals surface area contributed by atoms with Crippen molar-refractivity contribution >= 4 is 50.7 Å². The molecule has 0 spiro atoms. The van der Waals surface area contributed by atoms with E-state index in [9.17, 15) is 22.4 Å². The van der Waals surface area contributed by atoms with Gasteiger partial charge in [0.15, 0.2) is 0 Å². The molecule has 0 saturated heterocycles. The molecule has 1 atom stereocenters. The van der Waals surface area contributed by atoms with E-state index in [0.29, 0.717) is 22.9 Å². The molecular formula is C30H34Cl2FN3O5S. The maximum Gasteiger partial charge on any atom is 0.264 e. The number of ether oxygens (including phenoxy) is 1. The minimum absolute atomic E-state index is 0.0607. The average molecular weight is 639 g/mol. The number of benzene rings is 3. The highest BCUT2D eigenvalue weighted by Crippen LogP contribution is 2.27. The molecule has 0 fully saturated rings. The van der Waals surface area contributed by atoms with Gasteiger partial charge in [0.05, 0.1) is 27.2 Å². The maximum atomic E-state index is 14.0. The number of amides is 2. The second-order valence-corrected chi connectivity index (χ2v) is 13.3. The number of hydrogen-bond donors (Lipinski definition) is 1. The van der Waals surface area contributed by atoms with Crippen molar-refractivity contribution in [3.8, 4) is 5.75 Å². The van der Waals surface area contributed by atoms with E-state index >= 15 is 0 Å². The van der Waals surface area contributed by atoms with Crippen molar-refractivity contribution in [3.05, 3.63) is 88.2 Å². The lowest BCUT2D eigenvalue weighted by Crippen LogP contribution is -2.54. The highest BCUT2D eigenvalue weighted by molar-refractivity contribution is 7.92. The molecule has 0 aliphatic rings. The molecule has 2 amide bonds. The first kappa shape index (κ1) is 33.2. The maximum absolute atomic E-state index is 14.0. The van der Waals surface area contributed by atoms with Gasteiger partial charge in [0.1, 0.15) is 24.2 Å². The molecule has 0 unspecified atom stereocenters. The SMILES string of the molecule is CCOc1ccc(S(=O)(=O)N(CC(=O)N(Cc2ccc(Cl)c(Cl)c2)[C@@H](C)C(=O)NC(C)(C)C)c2ccc(F)cc2)cc1. The van der Waals surface area contributed by atoms with Crippen molar-refractivity contribution in [1.82, 2.24) is 10.2 Å². The summed E-state index contributed by atoms with van der Waals surface area (Å²) in [7, 11) is -4.32. The van der Waals surface area contributed by atoms with Crippen LogP contribution in [0.3, 0.4) is 0 Å². The van der Waals surface area contributed by atoms with Crippen LogP contribution in [0.25, 0.3) is 0 Å². The van der Waals surface area contributed by atoms with Gasteiger partial charge in [-0.15, -0.1) is 0 Å². The zero-order chi connectivity index (χ0) is 31.2. The topological polar surface area (TPSA) is 96.0 Å². The molecular weight excluding hydrogens is 604 g/mol. The second kappa shape index (κ2) is 13.8. The molecule has 8 nitrogen and oxygen atoms in total. The van der Waals surface area contributed by atoms with Crippen LogP contribution in [-0.4, -0.2) is 49.9 Å². The normalized spacial score (nSPS) is 12.4. The van der Waals surface area contributed by atoms with Crippen molar-refractivity contribution in [2.24, 2.45) is 0 Å². The van der Waals surface area contributed by atoms with Gasteiger partial charge in [0.2, 0.25) is 11.8 Å². The number of anilines is 1. The molecule has 0 radical (unpaired) electrons. The summed E-state index contributed by atoms with van der Waals surface area (Å²) in [6, 6.07) is 14.3. The number of carbonyl (C=O) groups is 2. The fraction of sp³-hybridized carbons (Fsp3) is 0.333. The molecule has 1 N–H and O–H groups in total. The fourth-order valence-electron chi connectivity index (χ4n) is 4.03. The van der Waals surface area contributed by atoms with Gasteiger partial charge in [-0.1, -0.05) is 29.3 Å². The van der Waals surface area contributed by atoms with Crippen molar-refractivity contribution in [2.75, 3.05) is 17.5 Å². The third-order valence-corrected chi connectivity index (χ3v) is 8.65. The lowest BCUT2D eigenvalue weighted by Gasteiger charge is -2.33. The van der Waals surface area contributed by atoms with Crippen LogP contribution in [0.2, 0.25) is 10.0 Å². The first-order chi connectivity index (χ1) is 19.6. The lowest BCUT2D eigenvalue weighted by atomic mass is 10.1. The van der Waals surface area contributed by atoms with Gasteiger partial charge < -0.3 is 15.0 Å². The summed E-state index contributed by atoms with van der Waals surface area (Å²) in [4.78, 5) is 28.3. The predicted octanol–water partition coefficient (Wildman–Crippen LogP) is 6.06. The number of carbonyl (C=O) groups excluding carboxylic acids is 2. The van der Waals surface area contributed by atoms with Crippen LogP contribution in [0.15, 0.2) is 71.6 Å². The number of sulfonamides is 1. The quantitative estimate of drug-likeness (QED) is 0.276. The van der Waals surface area contributed by atoms with E-state index in [1.54, 1.807) is 32.0 Å². The first-order valence-corrected chi connectivity index (χ1v) is 15.4. The monoisotopic (exact) mass is 637 g/mol. The zero-order valence-corrected chi connectivity index (χ0v) is 26.4. The van der Waals surface area contributed by atoms with Crippen LogP contribution in [-0.2, 0) is 26.2 Å². The molecule has 3 aromatic carbocycles. The Morgan fingerprint density at radius 2 is 1.60 bits per heavy atom. The third-order valence-electron chi connectivity index (χ3n) is 6.12. The summed E-state index contributed by atoms with van der Waals surface area (Å²) in [5, 5.41) is 3.44. The average Bonchev–Trinajstić information content (AvgIpc) is 2.92. The van der Waals surface area contributed by atoms with Gasteiger partial charge in [0.25, 0.3) is 10.0 Å². The van der Waals surface area contributed by atoms with Crippen molar-refractivity contribution in [3.63, 3.8) is 0 Å². The number of nitrogens with one attached hydrogen (secondary N) is 1. The Morgan fingerprint density at radius 3 is 2.14 bits per heavy atom. The number of rotatable bonds is 11. The smallest absolute Gasteiger partial charge is 0.264 e. The Bertz CT molecular complexity index is 1510. The molecule has 226 valence electrons. The van der Waals surface area contributed by atoms with Gasteiger partial charge in [-0.2, -0.15) is 0 Å². The Hall–Kier alpha value is -3.34. The van der Waals surface area contributed by atoms with Gasteiger partial charge in [-0.05, 0) is 101 Å². The Labute approximate surface area is 256 Å². The predicted molar refractivity (Wildman–Crippen MR) is 163 cm³/mol. The van der Waals surface area contributed by atoms with E-state index in [1.165, 1.54) is 41.3 Å². The largest absolute Gasteiger partial charge is 0.494 e. The molecule has 3 rings (SSSR count). The first-order valence-electron chi connectivity index (χ1n) is 13.2. The Morgan fingerprint density at radius 1 is 0.976 bits per heavy atom. The fourth-order valence-corrected chi connectivity index (χ4v) is 5.76. The van der Waals surface area contributed by atoms with E-state index in [0.717, 1.165) is 16.4 Å². The summed E-state index contributed by atoms with van der Waals surface area (Å²) >= 11 is 12.3. The van der Waals surface area contributed by atoms with Crippen molar-refractivity contribution in [1.29, 1.82) is 0 Å². The number of halogens is 3. The summed E-state index contributed by atoms with van der Waals surface area (Å²) in [5.74, 6) is -1.19. The summed E-state index contributed by atoms with van der Waals surface area (Å²) < 4.78 is 47.9. The highest BCUT2D eigenvalue weighted by Gasteiger charge is 2.33. The lowest BCUT2D eigenvalue weighted by molar-refractivity contribution is -0.140. The van der Waals surface area contributed by atoms with E-state index in [4.69, 9.17) is 27.9 Å². The van der Waals surface area contributed by atoms with Crippen LogP contribution < -0.4 is 14.4 Å². The van der Waals surface area contributed by atoms with E-state index in [1.807, 2.05) is 20.8 Å². The Balaban J connectivity index is 2.04. The molecule has 0 saturated carbocycles. The van der Waals surface area contributed by atoms with Gasteiger partial charge in [-0.25, -0.2) is 12.8 Å². The van der Waals surface area contributed by atoms with Crippen molar-refractivity contribution < 1.29 is 27.1 Å². The standard InChI is InChI=1S/C30H34Cl2FN3O5S/c1-6-41-24-12-14-25(15-13-24)42(39,40)36(23-10-8-22(33)9-11-23)19-28(37)35(20(2)29(38)34-30(3,4)5)18-21-7-16-26(31)27(32)17-21/h7-17,20H,6,18-19H2,1-5H3,(H,34,38)/t20-/m0/s1. The molecule has 0 bridgehead atoms. The molecule has 0 heterocycles. The van der Waals surface area contributed by atoms with Crippen LogP contribution in [0, 0.1) is 5.82 Å². The van der Waals surface area contributed by atoms with E-state index < -0.39 is 45.8 Å².